The number of nitrogens with one attached hydrogen (secondary N) is 1. The van der Waals surface area contributed by atoms with Gasteiger partial charge in [0.1, 0.15) is 0 Å². The zero-order valence-electron chi connectivity index (χ0n) is 17.8. The molecule has 1 aromatic heterocycles. The van der Waals surface area contributed by atoms with Gasteiger partial charge in [-0.3, -0.25) is 14.2 Å². The summed E-state index contributed by atoms with van der Waals surface area (Å²) in [7, 11) is 0. The number of aryl methyl sites for hydroxylation is 1. The molecule has 0 aliphatic rings. The summed E-state index contributed by atoms with van der Waals surface area (Å²) in [5.74, 6) is 0.193. The zero-order chi connectivity index (χ0) is 22.0. The predicted molar refractivity (Wildman–Crippen MR) is 129 cm³/mol. The van der Waals surface area contributed by atoms with Gasteiger partial charge in [0.05, 0.1) is 16.2 Å². The summed E-state index contributed by atoms with van der Waals surface area (Å²) < 4.78 is 2.46. The van der Waals surface area contributed by atoms with Crippen molar-refractivity contribution in [1.29, 1.82) is 0 Å². The van der Waals surface area contributed by atoms with Crippen LogP contribution in [0.3, 0.4) is 0 Å². The SMILES string of the molecule is CCn1c(SC(C)C(=O)Nc2c(C)cccc2C(C)C)nc2ccc(Br)cc2c1=O. The van der Waals surface area contributed by atoms with E-state index >= 15 is 0 Å². The van der Waals surface area contributed by atoms with Gasteiger partial charge in [-0.1, -0.05) is 59.7 Å². The van der Waals surface area contributed by atoms with E-state index in [2.05, 4.69) is 40.1 Å². The number of aromatic nitrogens is 2. The van der Waals surface area contributed by atoms with Crippen molar-refractivity contribution < 1.29 is 4.79 Å². The average molecular weight is 488 g/mol. The van der Waals surface area contributed by atoms with E-state index in [4.69, 9.17) is 0 Å². The molecule has 0 saturated carbocycles. The number of halogens is 1. The molecule has 3 rings (SSSR count). The normalized spacial score (nSPS) is 12.4. The highest BCUT2D eigenvalue weighted by Crippen LogP contribution is 2.29. The Morgan fingerprint density at radius 2 is 1.97 bits per heavy atom. The second-order valence-corrected chi connectivity index (χ2v) is 9.77. The summed E-state index contributed by atoms with van der Waals surface area (Å²) in [6, 6.07) is 11.5. The molecule has 0 saturated heterocycles. The van der Waals surface area contributed by atoms with Crippen LogP contribution in [0.5, 0.6) is 0 Å². The number of rotatable bonds is 6. The maximum Gasteiger partial charge on any atom is 0.262 e. The molecule has 2 aromatic carbocycles. The van der Waals surface area contributed by atoms with Crippen LogP contribution in [0.1, 0.15) is 44.7 Å². The first-order chi connectivity index (χ1) is 14.2. The molecule has 1 heterocycles. The van der Waals surface area contributed by atoms with Crippen LogP contribution in [0.25, 0.3) is 10.9 Å². The van der Waals surface area contributed by atoms with E-state index in [0.717, 1.165) is 21.3 Å². The van der Waals surface area contributed by atoms with Crippen molar-refractivity contribution in [3.63, 3.8) is 0 Å². The van der Waals surface area contributed by atoms with Crippen molar-refractivity contribution in [2.24, 2.45) is 0 Å². The Labute approximate surface area is 189 Å². The number of amides is 1. The minimum absolute atomic E-state index is 0.0973. The van der Waals surface area contributed by atoms with Crippen LogP contribution < -0.4 is 10.9 Å². The number of benzene rings is 2. The van der Waals surface area contributed by atoms with Gasteiger partial charge < -0.3 is 5.32 Å². The highest BCUT2D eigenvalue weighted by Gasteiger charge is 2.21. The third kappa shape index (κ3) is 4.62. The Kier molecular flexibility index (Phi) is 7.03. The van der Waals surface area contributed by atoms with Gasteiger partial charge in [-0.25, -0.2) is 4.98 Å². The summed E-state index contributed by atoms with van der Waals surface area (Å²) >= 11 is 4.71. The first-order valence-electron chi connectivity index (χ1n) is 10.00. The van der Waals surface area contributed by atoms with Crippen molar-refractivity contribution in [2.75, 3.05) is 5.32 Å². The summed E-state index contributed by atoms with van der Waals surface area (Å²) in [5, 5.41) is 3.80. The molecule has 0 aliphatic heterocycles. The molecule has 30 heavy (non-hydrogen) atoms. The van der Waals surface area contributed by atoms with E-state index in [0.29, 0.717) is 28.5 Å². The largest absolute Gasteiger partial charge is 0.325 e. The maximum absolute atomic E-state index is 13.0. The first-order valence-corrected chi connectivity index (χ1v) is 11.7. The Morgan fingerprint density at radius 3 is 2.63 bits per heavy atom. The number of anilines is 1. The van der Waals surface area contributed by atoms with Crippen LogP contribution in [0.4, 0.5) is 5.69 Å². The number of hydrogen-bond donors (Lipinski definition) is 1. The van der Waals surface area contributed by atoms with Crippen molar-refractivity contribution in [3.05, 3.63) is 62.4 Å². The topological polar surface area (TPSA) is 64.0 Å². The second kappa shape index (κ2) is 9.35. The molecule has 0 aliphatic carbocycles. The molecule has 0 fully saturated rings. The number of thioether (sulfide) groups is 1. The van der Waals surface area contributed by atoms with E-state index in [1.807, 2.05) is 51.1 Å². The van der Waals surface area contributed by atoms with Gasteiger partial charge in [-0.2, -0.15) is 0 Å². The van der Waals surface area contributed by atoms with E-state index in [-0.39, 0.29) is 11.5 Å². The smallest absolute Gasteiger partial charge is 0.262 e. The molecule has 0 radical (unpaired) electrons. The first kappa shape index (κ1) is 22.6. The highest BCUT2D eigenvalue weighted by molar-refractivity contribution is 9.10. The van der Waals surface area contributed by atoms with Crippen molar-refractivity contribution in [2.45, 2.75) is 57.5 Å². The minimum atomic E-state index is -0.415. The Hall–Kier alpha value is -2.12. The number of hydrogen-bond acceptors (Lipinski definition) is 4. The molecule has 1 unspecified atom stereocenters. The van der Waals surface area contributed by atoms with Gasteiger partial charge in [0, 0.05) is 16.7 Å². The van der Waals surface area contributed by atoms with Gasteiger partial charge in [0.25, 0.3) is 5.56 Å². The van der Waals surface area contributed by atoms with Crippen LogP contribution in [-0.2, 0) is 11.3 Å². The lowest BCUT2D eigenvalue weighted by Gasteiger charge is -2.19. The van der Waals surface area contributed by atoms with Crippen molar-refractivity contribution in [1.82, 2.24) is 9.55 Å². The lowest BCUT2D eigenvalue weighted by molar-refractivity contribution is -0.115. The molecular weight excluding hydrogens is 462 g/mol. The van der Waals surface area contributed by atoms with E-state index < -0.39 is 5.25 Å². The molecule has 7 heteroatoms. The van der Waals surface area contributed by atoms with Crippen LogP contribution >= 0.6 is 27.7 Å². The highest BCUT2D eigenvalue weighted by atomic mass is 79.9. The van der Waals surface area contributed by atoms with E-state index in [1.165, 1.54) is 11.8 Å². The zero-order valence-corrected chi connectivity index (χ0v) is 20.2. The fraction of sp³-hybridized carbons (Fsp3) is 0.348. The third-order valence-electron chi connectivity index (χ3n) is 5.02. The standard InChI is InChI=1S/C23H26BrN3O2S/c1-6-27-22(29)18-12-16(24)10-11-19(18)25-23(27)30-15(5)21(28)26-20-14(4)8-7-9-17(20)13(2)3/h7-13,15H,6H2,1-5H3,(H,26,28). The molecule has 158 valence electrons. The third-order valence-corrected chi connectivity index (χ3v) is 6.61. The van der Waals surface area contributed by atoms with Gasteiger partial charge in [0.2, 0.25) is 5.91 Å². The molecule has 0 bridgehead atoms. The minimum Gasteiger partial charge on any atom is -0.325 e. The van der Waals surface area contributed by atoms with Crippen LogP contribution in [0.2, 0.25) is 0 Å². The maximum atomic E-state index is 13.0. The lowest BCUT2D eigenvalue weighted by Crippen LogP contribution is -2.27. The quantitative estimate of drug-likeness (QED) is 0.356. The Balaban J connectivity index is 1.90. The van der Waals surface area contributed by atoms with Gasteiger partial charge in [0.15, 0.2) is 5.16 Å². The Bertz CT molecular complexity index is 1160. The number of fused-ring (bicyclic) bond motifs is 1. The molecule has 5 nitrogen and oxygen atoms in total. The number of carbonyl (C=O) groups is 1. The monoisotopic (exact) mass is 487 g/mol. The lowest BCUT2D eigenvalue weighted by atomic mass is 9.98. The Morgan fingerprint density at radius 1 is 1.23 bits per heavy atom. The second-order valence-electron chi connectivity index (χ2n) is 7.55. The molecule has 1 amide bonds. The molecular formula is C23H26BrN3O2S. The van der Waals surface area contributed by atoms with E-state index in [9.17, 15) is 9.59 Å². The molecule has 0 spiro atoms. The number of nitrogens with zero attached hydrogens (tertiary/aromatic N) is 2. The van der Waals surface area contributed by atoms with Crippen LogP contribution in [-0.4, -0.2) is 20.7 Å². The molecule has 1 atom stereocenters. The molecule has 1 N–H and O–H groups in total. The number of carbonyl (C=O) groups excluding carboxylic acids is 1. The van der Waals surface area contributed by atoms with Crippen LogP contribution in [0, 0.1) is 6.92 Å². The van der Waals surface area contributed by atoms with E-state index in [1.54, 1.807) is 10.6 Å². The van der Waals surface area contributed by atoms with Crippen LogP contribution in [0.15, 0.2) is 50.8 Å². The van der Waals surface area contributed by atoms with Crippen molar-refractivity contribution in [3.8, 4) is 0 Å². The van der Waals surface area contributed by atoms with Gasteiger partial charge in [-0.15, -0.1) is 0 Å². The van der Waals surface area contributed by atoms with Crippen molar-refractivity contribution >= 4 is 50.2 Å². The fourth-order valence-electron chi connectivity index (χ4n) is 3.32. The number of para-hydroxylation sites is 1. The predicted octanol–water partition coefficient (Wildman–Crippen LogP) is 5.73. The summed E-state index contributed by atoms with van der Waals surface area (Å²) in [6.07, 6.45) is 0. The van der Waals surface area contributed by atoms with Gasteiger partial charge in [-0.05, 0) is 56.0 Å². The fourth-order valence-corrected chi connectivity index (χ4v) is 4.65. The summed E-state index contributed by atoms with van der Waals surface area (Å²) in [6.45, 7) is 10.5. The average Bonchev–Trinajstić information content (AvgIpc) is 2.70. The van der Waals surface area contributed by atoms with Gasteiger partial charge >= 0.3 is 0 Å². The summed E-state index contributed by atoms with van der Waals surface area (Å²) in [4.78, 5) is 30.6. The molecule has 3 aromatic rings. The summed E-state index contributed by atoms with van der Waals surface area (Å²) in [5.41, 5.74) is 3.55.